The van der Waals surface area contributed by atoms with E-state index in [1.54, 1.807) is 0 Å². The molecule has 0 aromatic heterocycles. The quantitative estimate of drug-likeness (QED) is 0.256. The van der Waals surface area contributed by atoms with Gasteiger partial charge in [0.25, 0.3) is 0 Å². The van der Waals surface area contributed by atoms with Gasteiger partial charge in [-0.05, 0) is 0 Å². The van der Waals surface area contributed by atoms with E-state index in [1.807, 2.05) is 5.48 Å². The fourth-order valence-corrected chi connectivity index (χ4v) is 0.357. The molecule has 0 aromatic rings. The van der Waals surface area contributed by atoms with Crippen LogP contribution in [-0.2, 0) is 9.19 Å². The molecule has 46 valence electrons. The molecule has 0 aliphatic heterocycles. The summed E-state index contributed by atoms with van der Waals surface area (Å²) < 4.78 is 13.3. The molecule has 0 atom stereocenters. The van der Waals surface area contributed by atoms with Gasteiger partial charge in [0.15, 0.2) is 0 Å². The van der Waals surface area contributed by atoms with Gasteiger partial charge in [0.05, 0.1) is 0 Å². The van der Waals surface area contributed by atoms with E-state index in [2.05, 4.69) is 4.62 Å². The number of phosphoric acid groups is 1. The molecule has 0 heterocycles. The molecular formula is CH7NNaO4P. The summed E-state index contributed by atoms with van der Waals surface area (Å²) in [5, 5.41) is 0. The first-order chi connectivity index (χ1) is 3.06. The van der Waals surface area contributed by atoms with E-state index < -0.39 is 7.82 Å². The van der Waals surface area contributed by atoms with Gasteiger partial charge in [0.2, 0.25) is 0 Å². The average Bonchev–Trinajstić information content (AvgIpc) is 1.30. The summed E-state index contributed by atoms with van der Waals surface area (Å²) in [7, 11) is -3.01. The number of hydrogen-bond acceptors (Lipinski definition) is 3. The summed E-state index contributed by atoms with van der Waals surface area (Å²) in [5.41, 5.74) is 1.84. The molecule has 0 aliphatic carbocycles. The van der Waals surface area contributed by atoms with Crippen molar-refractivity contribution in [2.45, 2.75) is 0 Å². The molecular weight excluding hydrogens is 144 g/mol. The molecule has 0 fully saturated rings. The van der Waals surface area contributed by atoms with Crippen molar-refractivity contribution in [1.82, 2.24) is 5.48 Å². The average molecular weight is 151 g/mol. The Balaban J connectivity index is 0. The van der Waals surface area contributed by atoms with Gasteiger partial charge < -0.3 is 9.79 Å². The van der Waals surface area contributed by atoms with Crippen LogP contribution in [-0.4, -0.2) is 46.4 Å². The first kappa shape index (κ1) is 11.8. The maximum atomic E-state index is 9.64. The van der Waals surface area contributed by atoms with Crippen molar-refractivity contribution in [3.63, 3.8) is 0 Å². The Morgan fingerprint density at radius 3 is 2.00 bits per heavy atom. The standard InChI is InChI=1S/CH6NO4P.Na.H/c1-2-6-7(3,4)5;;/h2H,1H3,(H2,3,4,5);;. The third kappa shape index (κ3) is 10.1. The summed E-state index contributed by atoms with van der Waals surface area (Å²) in [6.07, 6.45) is 0. The van der Waals surface area contributed by atoms with E-state index >= 15 is 0 Å². The monoisotopic (exact) mass is 151 g/mol. The second-order valence-corrected chi connectivity index (χ2v) is 1.95. The van der Waals surface area contributed by atoms with E-state index in [0.717, 1.165) is 0 Å². The van der Waals surface area contributed by atoms with Crippen LogP contribution in [0, 0.1) is 0 Å². The third-order valence-corrected chi connectivity index (χ3v) is 0.631. The van der Waals surface area contributed by atoms with Crippen LogP contribution >= 0.6 is 7.82 Å². The SMILES string of the molecule is CNOP(=O)(O)O.[NaH]. The van der Waals surface area contributed by atoms with Crippen molar-refractivity contribution in [2.24, 2.45) is 0 Å². The Bertz CT molecular complexity index is 90.0. The minimum atomic E-state index is -4.28. The maximum absolute atomic E-state index is 9.64. The summed E-state index contributed by atoms with van der Waals surface area (Å²) in [4.78, 5) is 15.7. The van der Waals surface area contributed by atoms with Crippen molar-refractivity contribution in [3.05, 3.63) is 0 Å². The first-order valence-electron chi connectivity index (χ1n) is 1.47. The molecule has 0 amide bonds. The molecule has 0 saturated heterocycles. The molecule has 0 saturated carbocycles. The van der Waals surface area contributed by atoms with E-state index in [9.17, 15) is 4.57 Å². The van der Waals surface area contributed by atoms with Gasteiger partial charge in [-0.2, -0.15) is 10.1 Å². The summed E-state index contributed by atoms with van der Waals surface area (Å²) in [5.74, 6) is 0. The second-order valence-electron chi connectivity index (χ2n) is 0.786. The summed E-state index contributed by atoms with van der Waals surface area (Å²) >= 11 is 0. The summed E-state index contributed by atoms with van der Waals surface area (Å²) in [6.45, 7) is 0. The zero-order chi connectivity index (χ0) is 5.91. The van der Waals surface area contributed by atoms with E-state index in [0.29, 0.717) is 0 Å². The molecule has 5 nitrogen and oxygen atoms in total. The zero-order valence-corrected chi connectivity index (χ0v) is 4.55. The van der Waals surface area contributed by atoms with Crippen LogP contribution < -0.4 is 5.48 Å². The Labute approximate surface area is 68.9 Å². The van der Waals surface area contributed by atoms with Gasteiger partial charge in [-0.25, -0.2) is 4.57 Å². The van der Waals surface area contributed by atoms with Gasteiger partial charge in [-0.15, -0.1) is 0 Å². The van der Waals surface area contributed by atoms with Crippen LogP contribution in [0.25, 0.3) is 0 Å². The molecule has 0 aliphatic rings. The Morgan fingerprint density at radius 2 is 2.00 bits per heavy atom. The number of nitrogens with one attached hydrogen (secondary N) is 1. The Hall–Kier alpha value is 1.07. The fraction of sp³-hybridized carbons (Fsp3) is 1.00. The second kappa shape index (κ2) is 4.90. The van der Waals surface area contributed by atoms with Crippen molar-refractivity contribution < 1.29 is 19.0 Å². The Morgan fingerprint density at radius 1 is 1.62 bits per heavy atom. The molecule has 0 rings (SSSR count). The molecule has 8 heavy (non-hydrogen) atoms. The molecule has 0 bridgehead atoms. The van der Waals surface area contributed by atoms with Gasteiger partial charge in [0, 0.05) is 7.05 Å². The summed E-state index contributed by atoms with van der Waals surface area (Å²) in [6, 6.07) is 0. The van der Waals surface area contributed by atoms with Crippen molar-refractivity contribution in [3.8, 4) is 0 Å². The van der Waals surface area contributed by atoms with Gasteiger partial charge in [0.1, 0.15) is 0 Å². The van der Waals surface area contributed by atoms with Crippen LogP contribution in [0.5, 0.6) is 0 Å². The third-order valence-electron chi connectivity index (χ3n) is 0.210. The van der Waals surface area contributed by atoms with Crippen LogP contribution in [0.2, 0.25) is 0 Å². The molecule has 7 heteroatoms. The van der Waals surface area contributed by atoms with Crippen LogP contribution in [0.1, 0.15) is 0 Å². The van der Waals surface area contributed by atoms with Crippen LogP contribution in [0.15, 0.2) is 0 Å². The van der Waals surface area contributed by atoms with Crippen molar-refractivity contribution in [1.29, 1.82) is 0 Å². The van der Waals surface area contributed by atoms with E-state index in [4.69, 9.17) is 9.79 Å². The molecule has 3 N–H and O–H groups in total. The van der Waals surface area contributed by atoms with E-state index in [-0.39, 0.29) is 29.6 Å². The number of rotatable bonds is 2. The van der Waals surface area contributed by atoms with Gasteiger partial charge >= 0.3 is 37.4 Å². The fourth-order valence-electron chi connectivity index (χ4n) is 0.119. The topological polar surface area (TPSA) is 78.8 Å². The Kier molecular flexibility index (Phi) is 7.24. The van der Waals surface area contributed by atoms with Crippen LogP contribution in [0.3, 0.4) is 0 Å². The first-order valence-corrected chi connectivity index (χ1v) is 3.00. The van der Waals surface area contributed by atoms with Crippen LogP contribution in [0.4, 0.5) is 0 Å². The minimum absolute atomic E-state index is 0. The molecule has 0 radical (unpaired) electrons. The van der Waals surface area contributed by atoms with Crippen molar-refractivity contribution >= 4 is 37.4 Å². The van der Waals surface area contributed by atoms with Crippen molar-refractivity contribution in [2.75, 3.05) is 7.05 Å². The normalized spacial score (nSPS) is 10.4. The zero-order valence-electron chi connectivity index (χ0n) is 3.66. The predicted molar refractivity (Wildman–Crippen MR) is 29.3 cm³/mol. The molecule has 0 unspecified atom stereocenters. The molecule has 0 spiro atoms. The number of hydrogen-bond donors (Lipinski definition) is 3. The number of hydroxylamine groups is 1. The van der Waals surface area contributed by atoms with Gasteiger partial charge in [-0.3, -0.25) is 0 Å². The molecule has 0 aromatic carbocycles. The van der Waals surface area contributed by atoms with E-state index in [1.165, 1.54) is 7.05 Å². The predicted octanol–water partition coefficient (Wildman–Crippen LogP) is -1.42. The van der Waals surface area contributed by atoms with Gasteiger partial charge in [-0.1, -0.05) is 0 Å².